The third kappa shape index (κ3) is 2.03. The summed E-state index contributed by atoms with van der Waals surface area (Å²) in [6.07, 6.45) is 3.41. The molecular formula is C11H12N4O. The molecule has 0 saturated heterocycles. The fourth-order valence-corrected chi connectivity index (χ4v) is 1.49. The van der Waals surface area contributed by atoms with Crippen molar-refractivity contribution in [1.29, 1.82) is 0 Å². The number of aromatic nitrogens is 2. The predicted octanol–water partition coefficient (Wildman–Crippen LogP) is 1.03. The van der Waals surface area contributed by atoms with E-state index in [4.69, 9.17) is 10.9 Å². The number of nitrogens with two attached hydrogens (primary N) is 1. The van der Waals surface area contributed by atoms with Crippen molar-refractivity contribution in [3.8, 4) is 0 Å². The first-order valence-corrected chi connectivity index (χ1v) is 4.84. The number of oxime groups is 1. The molecule has 16 heavy (non-hydrogen) atoms. The Morgan fingerprint density at radius 3 is 2.81 bits per heavy atom. The van der Waals surface area contributed by atoms with Crippen LogP contribution in [0.3, 0.4) is 0 Å². The fraction of sp³-hybridized carbons (Fsp3) is 0.0909. The topological polar surface area (TPSA) is 76.4 Å². The van der Waals surface area contributed by atoms with Crippen molar-refractivity contribution in [3.63, 3.8) is 0 Å². The van der Waals surface area contributed by atoms with E-state index in [1.807, 2.05) is 34.9 Å². The third-order valence-electron chi connectivity index (χ3n) is 2.25. The second kappa shape index (κ2) is 4.48. The molecule has 0 aliphatic rings. The Morgan fingerprint density at radius 1 is 1.38 bits per heavy atom. The zero-order valence-electron chi connectivity index (χ0n) is 8.61. The fourth-order valence-electron chi connectivity index (χ4n) is 1.49. The van der Waals surface area contributed by atoms with E-state index in [9.17, 15) is 0 Å². The number of hydrogen-bond donors (Lipinski definition) is 2. The highest BCUT2D eigenvalue weighted by Crippen LogP contribution is 2.05. The van der Waals surface area contributed by atoms with E-state index in [1.54, 1.807) is 12.4 Å². The van der Waals surface area contributed by atoms with Gasteiger partial charge >= 0.3 is 0 Å². The van der Waals surface area contributed by atoms with Gasteiger partial charge < -0.3 is 15.5 Å². The van der Waals surface area contributed by atoms with Crippen LogP contribution in [-0.4, -0.2) is 20.6 Å². The normalized spacial score (nSPS) is 11.6. The molecule has 0 unspecified atom stereocenters. The van der Waals surface area contributed by atoms with Crippen LogP contribution >= 0.6 is 0 Å². The lowest BCUT2D eigenvalue weighted by atomic mass is 10.2. The first-order chi connectivity index (χ1) is 7.81. The first-order valence-electron chi connectivity index (χ1n) is 4.84. The molecule has 82 valence electrons. The zero-order valence-corrected chi connectivity index (χ0v) is 8.61. The zero-order chi connectivity index (χ0) is 11.4. The highest BCUT2D eigenvalue weighted by atomic mass is 16.4. The van der Waals surface area contributed by atoms with E-state index in [0.717, 1.165) is 5.56 Å². The van der Waals surface area contributed by atoms with Crippen LogP contribution in [0.15, 0.2) is 47.9 Å². The van der Waals surface area contributed by atoms with E-state index in [2.05, 4.69) is 10.1 Å². The third-order valence-corrected chi connectivity index (χ3v) is 2.25. The molecule has 5 heteroatoms. The van der Waals surface area contributed by atoms with Crippen molar-refractivity contribution in [2.24, 2.45) is 10.9 Å². The number of rotatable bonds is 3. The van der Waals surface area contributed by atoms with E-state index >= 15 is 0 Å². The Balaban J connectivity index is 2.26. The summed E-state index contributed by atoms with van der Waals surface area (Å²) >= 11 is 0. The van der Waals surface area contributed by atoms with Crippen LogP contribution in [0.2, 0.25) is 0 Å². The molecule has 0 aliphatic carbocycles. The summed E-state index contributed by atoms with van der Waals surface area (Å²) in [6.45, 7) is 0.645. The van der Waals surface area contributed by atoms with E-state index < -0.39 is 0 Å². The molecule has 5 nitrogen and oxygen atoms in total. The van der Waals surface area contributed by atoms with Crippen molar-refractivity contribution >= 4 is 5.84 Å². The molecular weight excluding hydrogens is 204 g/mol. The Morgan fingerprint density at radius 2 is 2.12 bits per heavy atom. The van der Waals surface area contributed by atoms with Gasteiger partial charge in [0, 0.05) is 18.9 Å². The van der Waals surface area contributed by atoms with Crippen LogP contribution in [0, 0.1) is 0 Å². The molecule has 1 aromatic heterocycles. The molecule has 0 aliphatic heterocycles. The van der Waals surface area contributed by atoms with Crippen molar-refractivity contribution in [2.75, 3.05) is 0 Å². The lowest BCUT2D eigenvalue weighted by Gasteiger charge is -2.06. The van der Waals surface area contributed by atoms with Gasteiger partial charge in [-0.3, -0.25) is 0 Å². The summed E-state index contributed by atoms with van der Waals surface area (Å²) in [5.41, 5.74) is 6.64. The molecule has 2 rings (SSSR count). The molecule has 0 fully saturated rings. The van der Waals surface area contributed by atoms with E-state index in [-0.39, 0.29) is 5.84 Å². The van der Waals surface area contributed by atoms with Gasteiger partial charge in [0.05, 0.1) is 0 Å². The van der Waals surface area contributed by atoms with Gasteiger partial charge in [0.2, 0.25) is 5.84 Å². The Hall–Kier alpha value is -2.30. The van der Waals surface area contributed by atoms with Gasteiger partial charge in [-0.25, -0.2) is 4.98 Å². The predicted molar refractivity (Wildman–Crippen MR) is 60.3 cm³/mol. The van der Waals surface area contributed by atoms with E-state index in [0.29, 0.717) is 12.4 Å². The smallest absolute Gasteiger partial charge is 0.206 e. The highest BCUT2D eigenvalue weighted by Gasteiger charge is 2.07. The number of imidazole rings is 1. The van der Waals surface area contributed by atoms with Crippen molar-refractivity contribution in [1.82, 2.24) is 9.55 Å². The maximum Gasteiger partial charge on any atom is 0.206 e. The second-order valence-corrected chi connectivity index (χ2v) is 3.35. The molecule has 0 atom stereocenters. The van der Waals surface area contributed by atoms with Crippen LogP contribution in [0.5, 0.6) is 0 Å². The molecule has 0 spiro atoms. The molecule has 0 saturated carbocycles. The van der Waals surface area contributed by atoms with Gasteiger partial charge in [0.25, 0.3) is 0 Å². The average molecular weight is 216 g/mol. The van der Waals surface area contributed by atoms with Crippen molar-refractivity contribution in [2.45, 2.75) is 6.54 Å². The van der Waals surface area contributed by atoms with Gasteiger partial charge in [-0.2, -0.15) is 0 Å². The summed E-state index contributed by atoms with van der Waals surface area (Å²) in [6, 6.07) is 9.92. The maximum absolute atomic E-state index is 8.61. The lowest BCUT2D eigenvalue weighted by Crippen LogP contribution is -2.19. The lowest BCUT2D eigenvalue weighted by molar-refractivity contribution is 0.318. The molecule has 3 N–H and O–H groups in total. The highest BCUT2D eigenvalue weighted by molar-refractivity contribution is 5.93. The Labute approximate surface area is 92.8 Å². The summed E-state index contributed by atoms with van der Waals surface area (Å²) in [5.74, 6) is 0.479. The van der Waals surface area contributed by atoms with Gasteiger partial charge in [0.1, 0.15) is 0 Å². The second-order valence-electron chi connectivity index (χ2n) is 3.35. The number of amidine groups is 1. The molecule has 0 bridgehead atoms. The number of benzene rings is 1. The summed E-state index contributed by atoms with van der Waals surface area (Å²) in [7, 11) is 0. The number of nitrogens with zero attached hydrogens (tertiary/aromatic N) is 3. The van der Waals surface area contributed by atoms with Crippen LogP contribution in [0.25, 0.3) is 0 Å². The Bertz CT molecular complexity index is 490. The largest absolute Gasteiger partial charge is 0.409 e. The summed E-state index contributed by atoms with van der Waals surface area (Å²) in [5, 5.41) is 11.6. The van der Waals surface area contributed by atoms with Crippen LogP contribution < -0.4 is 5.73 Å². The van der Waals surface area contributed by atoms with Gasteiger partial charge in [0.15, 0.2) is 5.82 Å². The van der Waals surface area contributed by atoms with Crippen molar-refractivity contribution in [3.05, 3.63) is 54.1 Å². The minimum absolute atomic E-state index is 0.0148. The van der Waals surface area contributed by atoms with Crippen LogP contribution in [0.4, 0.5) is 0 Å². The van der Waals surface area contributed by atoms with Gasteiger partial charge in [-0.05, 0) is 5.56 Å². The average Bonchev–Trinajstić information content (AvgIpc) is 2.77. The standard InChI is InChI=1S/C11H12N4O/c12-10(14-16)11-13-6-7-15(11)8-9-4-2-1-3-5-9/h1-7,16H,8H2,(H2,12,14). The van der Waals surface area contributed by atoms with E-state index in [1.165, 1.54) is 0 Å². The molecule has 2 aromatic rings. The summed E-state index contributed by atoms with van der Waals surface area (Å²) in [4.78, 5) is 4.03. The van der Waals surface area contributed by atoms with Crippen LogP contribution in [-0.2, 0) is 6.54 Å². The van der Waals surface area contributed by atoms with Gasteiger partial charge in [-0.1, -0.05) is 35.5 Å². The Kier molecular flexibility index (Phi) is 2.86. The maximum atomic E-state index is 8.61. The SMILES string of the molecule is NC(=NO)c1nccn1Cc1ccccc1. The number of hydrogen-bond acceptors (Lipinski definition) is 3. The minimum atomic E-state index is 0.0148. The summed E-state index contributed by atoms with van der Waals surface area (Å²) < 4.78 is 1.82. The van der Waals surface area contributed by atoms with Crippen LogP contribution in [0.1, 0.15) is 11.4 Å². The first kappa shape index (κ1) is 10.2. The minimum Gasteiger partial charge on any atom is -0.409 e. The van der Waals surface area contributed by atoms with Gasteiger partial charge in [-0.15, -0.1) is 0 Å². The van der Waals surface area contributed by atoms with Crippen molar-refractivity contribution < 1.29 is 5.21 Å². The quantitative estimate of drug-likeness (QED) is 0.348. The molecule has 0 radical (unpaired) electrons. The molecule has 1 aromatic carbocycles. The molecule has 0 amide bonds. The molecule has 1 heterocycles. The monoisotopic (exact) mass is 216 g/mol.